The average Bonchev–Trinajstić information content (AvgIpc) is 2.27. The van der Waals surface area contributed by atoms with Gasteiger partial charge in [0.05, 0.1) is 94.7 Å². The smallest absolute Gasteiger partial charge is 0.553 e. The number of carboxylic acids is 1. The second-order valence-electron chi connectivity index (χ2n) is 22.4. The van der Waals surface area contributed by atoms with Gasteiger partial charge in [0, 0.05) is 77.1 Å². The van der Waals surface area contributed by atoms with Gasteiger partial charge in [-0.1, -0.05) is 19.6 Å². The Kier molecular flexibility index (Phi) is 34.4. The van der Waals surface area contributed by atoms with E-state index in [4.69, 9.17) is 53.7 Å². The number of amides is 6. The summed E-state index contributed by atoms with van der Waals surface area (Å²) in [4.78, 5) is 106. The number of carbonyl (C=O) groups is 8. The van der Waals surface area contributed by atoms with E-state index < -0.39 is 71.6 Å². The van der Waals surface area contributed by atoms with Gasteiger partial charge in [-0.2, -0.15) is 0 Å². The number of likely N-dealkylation sites (tertiary alicyclic amines) is 2. The molecule has 6 rings (SSSR count). The van der Waals surface area contributed by atoms with Gasteiger partial charge in [-0.15, -0.1) is 0 Å². The van der Waals surface area contributed by atoms with E-state index in [0.29, 0.717) is 84.4 Å². The number of alkyl carbamates (subject to hydrolysis) is 2. The third-order valence-electron chi connectivity index (χ3n) is 13.7. The van der Waals surface area contributed by atoms with Gasteiger partial charge in [0.25, 0.3) is 0 Å². The molecule has 0 spiro atoms. The van der Waals surface area contributed by atoms with E-state index in [0.717, 1.165) is 25.7 Å². The van der Waals surface area contributed by atoms with Gasteiger partial charge in [0.1, 0.15) is 24.4 Å². The summed E-state index contributed by atoms with van der Waals surface area (Å²) in [6.45, 7) is 22.4. The van der Waals surface area contributed by atoms with Crippen LogP contribution in [0.5, 0.6) is 0 Å². The van der Waals surface area contributed by atoms with Crippen LogP contribution in [-0.2, 0) is 61.8 Å². The van der Waals surface area contributed by atoms with Gasteiger partial charge in [-0.3, -0.25) is 19.4 Å². The maximum Gasteiger partial charge on any atom is 1.00 e. The number of aliphatic carboxylic acids is 1. The molecule has 8 atom stereocenters. The second kappa shape index (κ2) is 38.1. The van der Waals surface area contributed by atoms with E-state index in [1.807, 2.05) is 6.08 Å². The average molecular weight is 1220 g/mol. The molecule has 0 aromatic carbocycles. The van der Waals surface area contributed by atoms with Gasteiger partial charge in [-0.05, 0) is 87.2 Å². The van der Waals surface area contributed by atoms with Gasteiger partial charge in [0.15, 0.2) is 0 Å². The van der Waals surface area contributed by atoms with Crippen molar-refractivity contribution in [1.29, 1.82) is 0 Å². The van der Waals surface area contributed by atoms with Crippen LogP contribution in [0.3, 0.4) is 0 Å². The normalized spacial score (nSPS) is 24.7. The van der Waals surface area contributed by atoms with E-state index in [9.17, 15) is 43.5 Å². The molecule has 6 amide bonds. The third-order valence-corrected chi connectivity index (χ3v) is 13.7. The van der Waals surface area contributed by atoms with Gasteiger partial charge in [-0.25, -0.2) is 28.8 Å². The number of carboxylic acid groups (broad SMARTS) is 1. The Morgan fingerprint density at radius 1 is 0.595 bits per heavy atom. The minimum absolute atomic E-state index is 0. The largest absolute Gasteiger partial charge is 1.00 e. The molecule has 84 heavy (non-hydrogen) atoms. The number of hydrogen-bond donors (Lipinski definition) is 6. The number of morpholine rings is 2. The van der Waals surface area contributed by atoms with Crippen LogP contribution >= 0.6 is 0 Å². The summed E-state index contributed by atoms with van der Waals surface area (Å²) in [6, 6.07) is -3.29. The molecule has 29 heteroatoms. The molecule has 0 radical (unpaired) electrons. The number of hydrogen-bond acceptors (Lipinski definition) is 20. The number of esters is 1. The Bertz CT molecular complexity index is 2170. The fourth-order valence-corrected chi connectivity index (χ4v) is 10.3. The molecule has 0 aromatic heterocycles. The quantitative estimate of drug-likeness (QED) is 0.0385. The molecule has 2 aliphatic carbocycles. The van der Waals surface area contributed by atoms with Crippen molar-refractivity contribution >= 4 is 48.1 Å². The Morgan fingerprint density at radius 3 is 1.33 bits per heavy atom. The molecule has 0 saturated carbocycles. The topological polar surface area (TPSA) is 345 Å². The Balaban J connectivity index is 0.000000545. The standard InChI is InChI=1S/C28H46N4O9.C26H42N4O9.CH4.K.H2NO/c1-6-38-25(34)20-16-22(30-26(35)41-28(3,4)5)24(29-19(2)33)23(17-20)32-9-7-8-21(18-32)39-14-15-40-27(36)31-10-12-37-13-11-31;1-17(31)27-22-20(28-24(34)39-26(2,3)4)14-18(23(32)33)15-21(22)30-7-5-6-19(16-30)37-12-13-38-25(35)29-8-10-36-11-9-29;;;1-2/h17,21-24H,6-16,18H2,1-5H3,(H,29,33)(H,30,35);15,19-22H,5-14,16H2,1-4H3,(H,27,31)(H,28,34)(H,32,33);1H4;;1-2H/q;;;+1;-1/t21-,22-,23+,24+;19-,20-,21+,22+;;;/m00.../s1. The number of piperidine rings is 2. The van der Waals surface area contributed by atoms with Crippen LogP contribution in [0.25, 0.3) is 5.90 Å². The van der Waals surface area contributed by atoms with Crippen molar-refractivity contribution in [3.8, 4) is 0 Å². The predicted molar refractivity (Wildman–Crippen MR) is 300 cm³/mol. The van der Waals surface area contributed by atoms with Gasteiger partial charge < -0.3 is 89.9 Å². The first-order chi connectivity index (χ1) is 38.9. The van der Waals surface area contributed by atoms with Crippen LogP contribution in [-0.4, -0.2) is 250 Å². The van der Waals surface area contributed by atoms with Gasteiger partial charge in [0.2, 0.25) is 11.8 Å². The maximum absolute atomic E-state index is 12.8. The summed E-state index contributed by atoms with van der Waals surface area (Å²) in [5.74, 6) is 2.67. The first-order valence-corrected chi connectivity index (χ1v) is 28.2. The number of ether oxygens (including phenoxy) is 9. The number of rotatable bonds is 17. The van der Waals surface area contributed by atoms with Crippen LogP contribution in [0.1, 0.15) is 108 Å². The fraction of sp³-hybridized carbons (Fsp3) is 0.782. The van der Waals surface area contributed by atoms with Crippen LogP contribution < -0.4 is 72.7 Å². The van der Waals surface area contributed by atoms with Crippen molar-refractivity contribution in [3.63, 3.8) is 0 Å². The van der Waals surface area contributed by atoms with E-state index in [1.165, 1.54) is 13.8 Å². The van der Waals surface area contributed by atoms with Crippen molar-refractivity contribution in [3.05, 3.63) is 29.2 Å². The zero-order valence-corrected chi connectivity index (χ0v) is 53.3. The van der Waals surface area contributed by atoms with Crippen LogP contribution in [0.4, 0.5) is 19.2 Å². The molecular formula is C55H94KN9O19. The zero-order chi connectivity index (χ0) is 60.6. The molecule has 4 fully saturated rings. The molecule has 4 saturated heterocycles. The molecule has 7 N–H and O–H groups in total. The first-order valence-electron chi connectivity index (χ1n) is 28.2. The summed E-state index contributed by atoms with van der Waals surface area (Å²) in [7, 11) is 0. The molecule has 6 aliphatic rings. The van der Waals surface area contributed by atoms with Gasteiger partial charge >= 0.3 is 87.7 Å². The Morgan fingerprint density at radius 2 is 0.976 bits per heavy atom. The van der Waals surface area contributed by atoms with Crippen molar-refractivity contribution in [2.24, 2.45) is 0 Å². The molecule has 4 heterocycles. The summed E-state index contributed by atoms with van der Waals surface area (Å²) in [5, 5.41) is 27.6. The van der Waals surface area contributed by atoms with Crippen molar-refractivity contribution < 1.29 is 143 Å². The van der Waals surface area contributed by atoms with E-state index >= 15 is 0 Å². The molecule has 0 aromatic rings. The molecule has 28 nitrogen and oxygen atoms in total. The number of carbonyl (C=O) groups excluding carboxylic acids is 7. The van der Waals surface area contributed by atoms with Crippen molar-refractivity contribution in [2.45, 2.75) is 168 Å². The second-order valence-corrected chi connectivity index (χ2v) is 22.4. The maximum atomic E-state index is 12.8. The van der Waals surface area contributed by atoms with Crippen LogP contribution in [0, 0.1) is 0 Å². The fourth-order valence-electron chi connectivity index (χ4n) is 10.3. The minimum atomic E-state index is -1.08. The molecule has 0 bridgehead atoms. The SMILES string of the molecule is C.CC(=O)N[C@@H]1[C@@H](NC(=O)OC(C)(C)C)CC(C(=O)O)=C[C@H]1N1CCC[C@H](OCCOC(=O)N2CCOCC2)C1.CCOC(=O)C1=C[C@@H](N2CCC[C@H](OCCOC(=O)N3CCOCC3)C2)[C@H](NC(C)=O)[C@@H](NC(=O)OC(C)(C)C)C1.[K+].[NH-]O. The molecular weight excluding hydrogens is 1130 g/mol. The number of nitrogens with zero attached hydrogens (tertiary/aromatic N) is 4. The van der Waals surface area contributed by atoms with Crippen LogP contribution in [0.2, 0.25) is 0 Å². The molecule has 0 unspecified atom stereocenters. The Labute approximate surface area is 536 Å². The molecule has 4 aliphatic heterocycles. The number of nitrogens with one attached hydrogen (secondary N) is 5. The van der Waals surface area contributed by atoms with Crippen molar-refractivity contribution in [1.82, 2.24) is 40.9 Å². The summed E-state index contributed by atoms with van der Waals surface area (Å²) < 4.78 is 49.4. The summed E-state index contributed by atoms with van der Waals surface area (Å²) in [6.07, 6.45) is 4.57. The predicted octanol–water partition coefficient (Wildman–Crippen LogP) is 0.781. The summed E-state index contributed by atoms with van der Waals surface area (Å²) >= 11 is 0. The molecule has 474 valence electrons. The Hall–Kier alpha value is -4.24. The van der Waals surface area contributed by atoms with Crippen LogP contribution in [0.15, 0.2) is 23.3 Å². The van der Waals surface area contributed by atoms with E-state index in [-0.39, 0.29) is 146 Å². The zero-order valence-electron chi connectivity index (χ0n) is 50.2. The third kappa shape index (κ3) is 26.8. The minimum Gasteiger partial charge on any atom is -0.553 e. The monoisotopic (exact) mass is 1220 g/mol. The van der Waals surface area contributed by atoms with E-state index in [1.54, 1.807) is 64.3 Å². The van der Waals surface area contributed by atoms with E-state index in [2.05, 4.69) is 31.1 Å². The summed E-state index contributed by atoms with van der Waals surface area (Å²) in [5.41, 5.74) is -0.866. The first kappa shape index (κ1) is 75.9. The van der Waals surface area contributed by atoms with Crippen molar-refractivity contribution in [2.75, 3.05) is 112 Å².